The lowest BCUT2D eigenvalue weighted by Crippen LogP contribution is -2.21. The van der Waals surface area contributed by atoms with Crippen LogP contribution in [0.4, 0.5) is 0 Å². The number of ether oxygens (including phenoxy) is 3. The van der Waals surface area contributed by atoms with Gasteiger partial charge in [-0.05, 0) is 29.3 Å². The Kier molecular flexibility index (Phi) is 5.19. The molecule has 150 valence electrons. The number of benzene rings is 3. The van der Waals surface area contributed by atoms with Crippen LogP contribution in [0.15, 0.2) is 78.2 Å². The Morgan fingerprint density at radius 2 is 1.87 bits per heavy atom. The van der Waals surface area contributed by atoms with Gasteiger partial charge in [-0.2, -0.15) is 5.26 Å². The molecule has 0 aliphatic carbocycles. The molecule has 1 aliphatic heterocycles. The highest BCUT2D eigenvalue weighted by atomic mass is 16.5. The molecule has 0 amide bonds. The number of hydrogen-bond acceptors (Lipinski definition) is 6. The smallest absolute Gasteiger partial charge is 0.205 e. The number of hydrogen-bond donors (Lipinski definition) is 2. The molecule has 6 nitrogen and oxygen atoms in total. The van der Waals surface area contributed by atoms with Crippen molar-refractivity contribution in [2.24, 2.45) is 5.73 Å². The Hall–Kier alpha value is -4.11. The zero-order chi connectivity index (χ0) is 21.1. The minimum Gasteiger partial charge on any atom is -0.508 e. The summed E-state index contributed by atoms with van der Waals surface area (Å²) in [5.41, 5.74) is 8.87. The fourth-order valence-corrected chi connectivity index (χ4v) is 3.51. The summed E-state index contributed by atoms with van der Waals surface area (Å²) in [6.45, 7) is 0.377. The number of rotatable bonds is 5. The summed E-state index contributed by atoms with van der Waals surface area (Å²) < 4.78 is 17.0. The number of fused-ring (bicyclic) bond motifs is 1. The number of phenolic OH excluding ortho intramolecular Hbond substituents is 1. The van der Waals surface area contributed by atoms with Gasteiger partial charge in [0.2, 0.25) is 5.88 Å². The van der Waals surface area contributed by atoms with Gasteiger partial charge in [0, 0.05) is 11.6 Å². The molecule has 4 rings (SSSR count). The Balaban J connectivity index is 1.75. The molecule has 1 aliphatic rings. The van der Waals surface area contributed by atoms with Gasteiger partial charge in [0.15, 0.2) is 11.5 Å². The van der Waals surface area contributed by atoms with Crippen molar-refractivity contribution < 1.29 is 19.3 Å². The molecule has 3 N–H and O–H groups in total. The van der Waals surface area contributed by atoms with E-state index in [4.69, 9.17) is 19.9 Å². The monoisotopic (exact) mass is 400 g/mol. The summed E-state index contributed by atoms with van der Waals surface area (Å²) in [5.74, 6) is 1.18. The number of phenols is 1. The molecule has 0 fully saturated rings. The standard InChI is InChI=1S/C24H20N2O4/c1-28-20-10-7-16(11-22(20)29-14-15-5-3-2-4-6-15)23-18-9-8-17(27)12-21(18)30-24(26)19(23)13-25/h2-12,23,27H,14,26H2,1H3. The van der Waals surface area contributed by atoms with E-state index in [2.05, 4.69) is 6.07 Å². The van der Waals surface area contributed by atoms with E-state index >= 15 is 0 Å². The van der Waals surface area contributed by atoms with Gasteiger partial charge in [-0.25, -0.2) is 0 Å². The molecule has 30 heavy (non-hydrogen) atoms. The maximum atomic E-state index is 9.81. The lowest BCUT2D eigenvalue weighted by Gasteiger charge is -2.27. The van der Waals surface area contributed by atoms with Crippen molar-refractivity contribution >= 4 is 0 Å². The fourth-order valence-electron chi connectivity index (χ4n) is 3.51. The molecule has 0 bridgehead atoms. The third-order valence-electron chi connectivity index (χ3n) is 4.96. The van der Waals surface area contributed by atoms with Crippen LogP contribution < -0.4 is 19.9 Å². The van der Waals surface area contributed by atoms with E-state index in [0.29, 0.717) is 29.4 Å². The minimum atomic E-state index is -0.454. The Morgan fingerprint density at radius 3 is 2.60 bits per heavy atom. The molecular formula is C24H20N2O4. The van der Waals surface area contributed by atoms with Crippen LogP contribution in [0.3, 0.4) is 0 Å². The normalized spacial score (nSPS) is 15.0. The topological polar surface area (TPSA) is 97.7 Å². The highest BCUT2D eigenvalue weighted by Gasteiger charge is 2.31. The Bertz CT molecular complexity index is 1150. The fraction of sp³-hybridized carbons (Fsp3) is 0.125. The third-order valence-corrected chi connectivity index (χ3v) is 4.96. The average molecular weight is 400 g/mol. The second-order valence-electron chi connectivity index (χ2n) is 6.83. The number of allylic oxidation sites excluding steroid dienone is 1. The SMILES string of the molecule is COc1ccc(C2C(C#N)=C(N)Oc3cc(O)ccc32)cc1OCc1ccccc1. The molecule has 0 aromatic heterocycles. The van der Waals surface area contributed by atoms with Crippen LogP contribution in [0.5, 0.6) is 23.0 Å². The predicted octanol–water partition coefficient (Wildman–Crippen LogP) is 4.20. The molecule has 3 aromatic rings. The van der Waals surface area contributed by atoms with Gasteiger partial charge >= 0.3 is 0 Å². The molecule has 0 saturated heterocycles. The number of methoxy groups -OCH3 is 1. The van der Waals surface area contributed by atoms with E-state index in [1.54, 1.807) is 25.3 Å². The van der Waals surface area contributed by atoms with Gasteiger partial charge in [-0.15, -0.1) is 0 Å². The largest absolute Gasteiger partial charge is 0.508 e. The van der Waals surface area contributed by atoms with Crippen LogP contribution in [0.25, 0.3) is 0 Å². The second kappa shape index (κ2) is 8.10. The van der Waals surface area contributed by atoms with E-state index in [1.165, 1.54) is 6.07 Å². The highest BCUT2D eigenvalue weighted by molar-refractivity contribution is 5.58. The van der Waals surface area contributed by atoms with Gasteiger partial charge < -0.3 is 25.1 Å². The van der Waals surface area contributed by atoms with Crippen LogP contribution in [-0.2, 0) is 6.61 Å². The molecule has 1 atom stereocenters. The quantitative estimate of drug-likeness (QED) is 0.666. The maximum Gasteiger partial charge on any atom is 0.205 e. The zero-order valence-corrected chi connectivity index (χ0v) is 16.3. The summed E-state index contributed by atoms with van der Waals surface area (Å²) in [6, 6.07) is 22.3. The summed E-state index contributed by atoms with van der Waals surface area (Å²) in [5, 5.41) is 19.5. The van der Waals surface area contributed by atoms with Crippen molar-refractivity contribution in [1.82, 2.24) is 0 Å². The summed E-state index contributed by atoms with van der Waals surface area (Å²) >= 11 is 0. The summed E-state index contributed by atoms with van der Waals surface area (Å²) in [6.07, 6.45) is 0. The van der Waals surface area contributed by atoms with E-state index in [0.717, 1.165) is 16.7 Å². The molecule has 3 aromatic carbocycles. The summed E-state index contributed by atoms with van der Waals surface area (Å²) in [7, 11) is 1.58. The number of nitrogens with two attached hydrogens (primary N) is 1. The minimum absolute atomic E-state index is 0.0168. The van der Waals surface area contributed by atoms with E-state index in [1.807, 2.05) is 42.5 Å². The predicted molar refractivity (Wildman–Crippen MR) is 111 cm³/mol. The third kappa shape index (κ3) is 3.61. The molecule has 0 spiro atoms. The van der Waals surface area contributed by atoms with Crippen molar-refractivity contribution in [2.75, 3.05) is 7.11 Å². The van der Waals surface area contributed by atoms with Gasteiger partial charge in [0.1, 0.15) is 29.7 Å². The van der Waals surface area contributed by atoms with E-state index in [9.17, 15) is 10.4 Å². The lowest BCUT2D eigenvalue weighted by atomic mass is 9.83. The maximum absolute atomic E-state index is 9.81. The van der Waals surface area contributed by atoms with Gasteiger partial charge in [-0.1, -0.05) is 42.5 Å². The van der Waals surface area contributed by atoms with Crippen molar-refractivity contribution in [3.05, 3.63) is 94.9 Å². The molecule has 0 radical (unpaired) electrons. The molecule has 1 unspecified atom stereocenters. The van der Waals surface area contributed by atoms with Crippen molar-refractivity contribution in [3.63, 3.8) is 0 Å². The first-order chi connectivity index (χ1) is 14.6. The van der Waals surface area contributed by atoms with Crippen molar-refractivity contribution in [3.8, 4) is 29.1 Å². The molecule has 6 heteroatoms. The first-order valence-corrected chi connectivity index (χ1v) is 9.36. The van der Waals surface area contributed by atoms with Crippen LogP contribution >= 0.6 is 0 Å². The number of nitriles is 1. The first-order valence-electron chi connectivity index (χ1n) is 9.36. The second-order valence-corrected chi connectivity index (χ2v) is 6.83. The number of nitrogens with zero attached hydrogens (tertiary/aromatic N) is 1. The molecule has 1 heterocycles. The van der Waals surface area contributed by atoms with Gasteiger partial charge in [-0.3, -0.25) is 0 Å². The van der Waals surface area contributed by atoms with Crippen LogP contribution in [0, 0.1) is 11.3 Å². The average Bonchev–Trinajstić information content (AvgIpc) is 2.77. The lowest BCUT2D eigenvalue weighted by molar-refractivity contribution is 0.284. The van der Waals surface area contributed by atoms with Crippen LogP contribution in [-0.4, -0.2) is 12.2 Å². The highest BCUT2D eigenvalue weighted by Crippen LogP contribution is 2.45. The first kappa shape index (κ1) is 19.2. The molecule has 0 saturated carbocycles. The van der Waals surface area contributed by atoms with Crippen LogP contribution in [0.2, 0.25) is 0 Å². The number of aromatic hydroxyl groups is 1. The van der Waals surface area contributed by atoms with Crippen molar-refractivity contribution in [1.29, 1.82) is 5.26 Å². The molecular weight excluding hydrogens is 380 g/mol. The van der Waals surface area contributed by atoms with Crippen molar-refractivity contribution in [2.45, 2.75) is 12.5 Å². The van der Waals surface area contributed by atoms with Gasteiger partial charge in [0.25, 0.3) is 0 Å². The summed E-state index contributed by atoms with van der Waals surface area (Å²) in [4.78, 5) is 0. The zero-order valence-electron chi connectivity index (χ0n) is 16.3. The Labute approximate surface area is 174 Å². The van der Waals surface area contributed by atoms with Gasteiger partial charge in [0.05, 0.1) is 13.0 Å². The van der Waals surface area contributed by atoms with Crippen LogP contribution in [0.1, 0.15) is 22.6 Å². The van der Waals surface area contributed by atoms with E-state index in [-0.39, 0.29) is 11.6 Å². The Morgan fingerprint density at radius 1 is 1.07 bits per heavy atom. The van der Waals surface area contributed by atoms with E-state index < -0.39 is 5.92 Å².